The van der Waals surface area contributed by atoms with Crippen LogP contribution in [0.15, 0.2) is 95.5 Å². The van der Waals surface area contributed by atoms with Crippen LogP contribution in [0.1, 0.15) is 5.56 Å². The molecule has 0 aliphatic carbocycles. The van der Waals surface area contributed by atoms with Gasteiger partial charge in [-0.2, -0.15) is 0 Å². The summed E-state index contributed by atoms with van der Waals surface area (Å²) in [6, 6.07) is 26.0. The largest absolute Gasteiger partial charge is 0.508 e. The van der Waals surface area contributed by atoms with Gasteiger partial charge in [-0.15, -0.1) is 0 Å². The molecule has 3 aromatic heterocycles. The molecule has 0 amide bonds. The van der Waals surface area contributed by atoms with E-state index in [0.29, 0.717) is 0 Å². The highest BCUT2D eigenvalue weighted by Crippen LogP contribution is 2.41. The number of aryl methyl sites for hydroxylation is 1. The van der Waals surface area contributed by atoms with Crippen LogP contribution in [0.3, 0.4) is 0 Å². The van der Waals surface area contributed by atoms with Gasteiger partial charge in [0.1, 0.15) is 28.6 Å². The van der Waals surface area contributed by atoms with Gasteiger partial charge in [0.25, 0.3) is 0 Å². The number of phenols is 1. The summed E-state index contributed by atoms with van der Waals surface area (Å²) in [5, 5.41) is 14.4. The number of aromatic nitrogens is 2. The van der Waals surface area contributed by atoms with Gasteiger partial charge in [-0.1, -0.05) is 30.3 Å². The quantitative estimate of drug-likeness (QED) is 0.286. The third-order valence-corrected chi connectivity index (χ3v) is 6.74. The fraction of sp³-hybridized carbons (Fsp3) is 0.0333. The van der Waals surface area contributed by atoms with Crippen LogP contribution in [0.25, 0.3) is 60.7 Å². The van der Waals surface area contributed by atoms with Crippen LogP contribution < -0.4 is 0 Å². The summed E-state index contributed by atoms with van der Waals surface area (Å²) >= 11 is 0. The molecule has 0 spiro atoms. The van der Waals surface area contributed by atoms with E-state index in [1.54, 1.807) is 24.3 Å². The zero-order chi connectivity index (χ0) is 23.7. The zero-order valence-electron chi connectivity index (χ0n) is 18.8. The Morgan fingerprint density at radius 3 is 2.46 bits per heavy atom. The number of phenolic OH excluding ortho intramolecular Hbond substituents is 1. The van der Waals surface area contributed by atoms with Crippen molar-refractivity contribution in [2.24, 2.45) is 0 Å². The van der Waals surface area contributed by atoms with Crippen molar-refractivity contribution in [1.82, 2.24) is 9.55 Å². The average molecular weight is 458 g/mol. The van der Waals surface area contributed by atoms with E-state index in [0.717, 1.165) is 66.3 Å². The summed E-state index contributed by atoms with van der Waals surface area (Å²) in [5.41, 5.74) is 6.31. The highest BCUT2D eigenvalue weighted by atomic mass is 19.1. The van der Waals surface area contributed by atoms with Crippen LogP contribution in [-0.2, 0) is 0 Å². The Morgan fingerprint density at radius 2 is 1.63 bits per heavy atom. The van der Waals surface area contributed by atoms with Gasteiger partial charge in [-0.3, -0.25) is 4.57 Å². The van der Waals surface area contributed by atoms with Crippen molar-refractivity contribution in [2.75, 3.05) is 0 Å². The second-order valence-electron chi connectivity index (χ2n) is 8.84. The van der Waals surface area contributed by atoms with Crippen LogP contribution in [0, 0.1) is 12.7 Å². The van der Waals surface area contributed by atoms with Gasteiger partial charge in [0.2, 0.25) is 0 Å². The minimum Gasteiger partial charge on any atom is -0.508 e. The van der Waals surface area contributed by atoms with Crippen molar-refractivity contribution in [3.63, 3.8) is 0 Å². The van der Waals surface area contributed by atoms with E-state index in [1.165, 1.54) is 12.1 Å². The first-order valence-electron chi connectivity index (χ1n) is 11.4. The highest BCUT2D eigenvalue weighted by Gasteiger charge is 2.20. The van der Waals surface area contributed by atoms with Crippen molar-refractivity contribution in [3.05, 3.63) is 103 Å². The first-order valence-corrected chi connectivity index (χ1v) is 11.4. The highest BCUT2D eigenvalue weighted by molar-refractivity contribution is 6.23. The third-order valence-electron chi connectivity index (χ3n) is 6.74. The standard InChI is InChI=1S/C30H19FN2O2/c1-17-14-28(32-16-24(17)18-6-8-19(31)9-7-18)33-25-13-12-22-21-4-2-3-5-27(21)35-30(22)29(25)23-11-10-20(34)15-26(23)33/h2-16,34H,1H3. The smallest absolute Gasteiger partial charge is 0.145 e. The maximum atomic E-state index is 13.4. The van der Waals surface area contributed by atoms with E-state index in [2.05, 4.69) is 22.8 Å². The number of pyridine rings is 1. The number of halogens is 1. The average Bonchev–Trinajstić information content (AvgIpc) is 3.40. The fourth-order valence-electron chi connectivity index (χ4n) is 5.11. The molecule has 0 unspecified atom stereocenters. The molecule has 0 saturated heterocycles. The lowest BCUT2D eigenvalue weighted by atomic mass is 10.0. The summed E-state index contributed by atoms with van der Waals surface area (Å²) in [6.45, 7) is 2.02. The van der Waals surface area contributed by atoms with E-state index in [1.807, 2.05) is 43.5 Å². The van der Waals surface area contributed by atoms with E-state index in [4.69, 9.17) is 9.40 Å². The lowest BCUT2D eigenvalue weighted by molar-refractivity contribution is 0.476. The first kappa shape index (κ1) is 19.8. The predicted molar refractivity (Wildman–Crippen MR) is 138 cm³/mol. The van der Waals surface area contributed by atoms with Crippen LogP contribution in [-0.4, -0.2) is 14.7 Å². The molecule has 7 aromatic rings. The fourth-order valence-corrected chi connectivity index (χ4v) is 5.11. The normalized spacial score (nSPS) is 11.8. The Balaban J connectivity index is 1.54. The lowest BCUT2D eigenvalue weighted by Gasteiger charge is -2.11. The van der Waals surface area contributed by atoms with Gasteiger partial charge in [0, 0.05) is 34.0 Å². The Labute approximate surface area is 199 Å². The minimum absolute atomic E-state index is 0.182. The van der Waals surface area contributed by atoms with Crippen LogP contribution in [0.2, 0.25) is 0 Å². The van der Waals surface area contributed by atoms with E-state index in [-0.39, 0.29) is 11.6 Å². The molecule has 0 bridgehead atoms. The summed E-state index contributed by atoms with van der Waals surface area (Å²) in [6.07, 6.45) is 1.82. The monoisotopic (exact) mass is 458 g/mol. The molecular formula is C30H19FN2O2. The zero-order valence-corrected chi connectivity index (χ0v) is 18.8. The number of hydrogen-bond donors (Lipinski definition) is 1. The van der Waals surface area contributed by atoms with Gasteiger partial charge in [-0.25, -0.2) is 9.37 Å². The molecule has 0 aliphatic rings. The molecule has 3 heterocycles. The molecule has 0 radical (unpaired) electrons. The van der Waals surface area contributed by atoms with Gasteiger partial charge in [0.15, 0.2) is 0 Å². The van der Waals surface area contributed by atoms with Crippen molar-refractivity contribution in [2.45, 2.75) is 6.92 Å². The lowest BCUT2D eigenvalue weighted by Crippen LogP contribution is -1.99. The number of rotatable bonds is 2. The molecule has 0 atom stereocenters. The van der Waals surface area contributed by atoms with Crippen molar-refractivity contribution >= 4 is 43.7 Å². The molecule has 35 heavy (non-hydrogen) atoms. The van der Waals surface area contributed by atoms with Crippen molar-refractivity contribution in [1.29, 1.82) is 0 Å². The molecule has 4 aromatic carbocycles. The van der Waals surface area contributed by atoms with Crippen LogP contribution in [0.4, 0.5) is 4.39 Å². The molecule has 0 fully saturated rings. The van der Waals surface area contributed by atoms with Crippen molar-refractivity contribution in [3.8, 4) is 22.7 Å². The number of nitrogens with zero attached hydrogens (tertiary/aromatic N) is 2. The SMILES string of the molecule is Cc1cc(-n2c3cc(O)ccc3c3c4oc5ccccc5c4ccc32)ncc1-c1ccc(F)cc1. The minimum atomic E-state index is -0.266. The summed E-state index contributed by atoms with van der Waals surface area (Å²) in [4.78, 5) is 4.79. The number of benzene rings is 4. The molecule has 1 N–H and O–H groups in total. The molecule has 7 rings (SSSR count). The molecule has 5 heteroatoms. The van der Waals surface area contributed by atoms with E-state index in [9.17, 15) is 9.50 Å². The van der Waals surface area contributed by atoms with Crippen LogP contribution >= 0.6 is 0 Å². The van der Waals surface area contributed by atoms with Gasteiger partial charge in [-0.05, 0) is 66.6 Å². The Hall–Kier alpha value is -4.64. The molecule has 168 valence electrons. The maximum absolute atomic E-state index is 13.4. The Morgan fingerprint density at radius 1 is 0.829 bits per heavy atom. The Bertz CT molecular complexity index is 1930. The van der Waals surface area contributed by atoms with E-state index < -0.39 is 0 Å². The predicted octanol–water partition coefficient (Wildman–Crippen LogP) is 7.90. The number of hydrogen-bond acceptors (Lipinski definition) is 3. The molecule has 4 nitrogen and oxygen atoms in total. The summed E-state index contributed by atoms with van der Waals surface area (Å²) in [7, 11) is 0. The number of fused-ring (bicyclic) bond motifs is 7. The number of para-hydroxylation sites is 1. The van der Waals surface area contributed by atoms with Gasteiger partial charge >= 0.3 is 0 Å². The second-order valence-corrected chi connectivity index (χ2v) is 8.84. The number of aromatic hydroxyl groups is 1. The van der Waals surface area contributed by atoms with Gasteiger partial charge < -0.3 is 9.52 Å². The maximum Gasteiger partial charge on any atom is 0.145 e. The molecular weight excluding hydrogens is 439 g/mol. The Kier molecular flexibility index (Phi) is 4.06. The topological polar surface area (TPSA) is 51.2 Å². The molecule has 0 aliphatic heterocycles. The first-order chi connectivity index (χ1) is 17.1. The second kappa shape index (κ2) is 7.18. The van der Waals surface area contributed by atoms with Crippen molar-refractivity contribution < 1.29 is 13.9 Å². The summed E-state index contributed by atoms with van der Waals surface area (Å²) < 4.78 is 21.8. The van der Waals surface area contributed by atoms with Crippen LogP contribution in [0.5, 0.6) is 5.75 Å². The molecule has 0 saturated carbocycles. The van der Waals surface area contributed by atoms with Gasteiger partial charge in [0.05, 0.1) is 16.4 Å². The summed E-state index contributed by atoms with van der Waals surface area (Å²) in [5.74, 6) is 0.648. The third kappa shape index (κ3) is 2.88. The van der Waals surface area contributed by atoms with E-state index >= 15 is 0 Å². The number of furan rings is 1.